The van der Waals surface area contributed by atoms with Crippen molar-refractivity contribution in [1.82, 2.24) is 9.97 Å². The molecule has 4 heterocycles. The van der Waals surface area contributed by atoms with Gasteiger partial charge in [0.1, 0.15) is 5.82 Å². The molecular weight excluding hydrogens is 412 g/mol. The topological polar surface area (TPSA) is 87.2 Å². The van der Waals surface area contributed by atoms with E-state index in [0.717, 1.165) is 58.7 Å². The molecule has 1 fully saturated rings. The molecule has 1 N–H and O–H groups in total. The second-order valence-corrected chi connectivity index (χ2v) is 7.64. The summed E-state index contributed by atoms with van der Waals surface area (Å²) in [5.74, 6) is 4.42. The first kappa shape index (κ1) is 19.0. The molecule has 6 rings (SSSR count). The Morgan fingerprint density at radius 3 is 2.31 bits per heavy atom. The predicted molar refractivity (Wildman–Crippen MR) is 117 cm³/mol. The van der Waals surface area contributed by atoms with Crippen molar-refractivity contribution in [2.45, 2.75) is 6.54 Å². The van der Waals surface area contributed by atoms with Crippen LogP contribution in [0, 0.1) is 0 Å². The van der Waals surface area contributed by atoms with Crippen LogP contribution in [0.4, 0.5) is 11.8 Å². The molecule has 32 heavy (non-hydrogen) atoms. The van der Waals surface area contributed by atoms with Crippen LogP contribution in [0.25, 0.3) is 11.3 Å². The molecule has 0 spiro atoms. The SMILES string of the molecule is c1cc2c(cc1CNc1nc(-c3ccc4c(c3)OCO4)cc(N3CCOCC3)n1)OCO2. The van der Waals surface area contributed by atoms with Gasteiger partial charge in [-0.2, -0.15) is 4.98 Å². The third-order valence-corrected chi connectivity index (χ3v) is 5.60. The average molecular weight is 434 g/mol. The Labute approximate surface area is 184 Å². The Kier molecular flexibility index (Phi) is 4.80. The van der Waals surface area contributed by atoms with E-state index in [-0.39, 0.29) is 13.6 Å². The van der Waals surface area contributed by atoms with Gasteiger partial charge in [0.25, 0.3) is 0 Å². The first-order valence-electron chi connectivity index (χ1n) is 10.6. The van der Waals surface area contributed by atoms with Crippen molar-refractivity contribution in [1.29, 1.82) is 0 Å². The van der Waals surface area contributed by atoms with Crippen molar-refractivity contribution < 1.29 is 23.7 Å². The first-order valence-corrected chi connectivity index (χ1v) is 10.6. The number of hydrogen-bond acceptors (Lipinski definition) is 9. The van der Waals surface area contributed by atoms with Gasteiger partial charge in [-0.3, -0.25) is 0 Å². The van der Waals surface area contributed by atoms with Gasteiger partial charge in [-0.05, 0) is 35.9 Å². The number of nitrogens with zero attached hydrogens (tertiary/aromatic N) is 3. The number of rotatable bonds is 5. The average Bonchev–Trinajstić information content (AvgIpc) is 3.51. The summed E-state index contributed by atoms with van der Waals surface area (Å²) in [6.07, 6.45) is 0. The number of hydrogen-bond donors (Lipinski definition) is 1. The fourth-order valence-electron chi connectivity index (χ4n) is 3.90. The summed E-state index contributed by atoms with van der Waals surface area (Å²) in [5, 5.41) is 3.36. The molecule has 3 aromatic rings. The number of nitrogens with one attached hydrogen (secondary N) is 1. The Bertz CT molecular complexity index is 1150. The molecule has 0 radical (unpaired) electrons. The lowest BCUT2D eigenvalue weighted by atomic mass is 10.1. The van der Waals surface area contributed by atoms with Crippen LogP contribution >= 0.6 is 0 Å². The highest BCUT2D eigenvalue weighted by molar-refractivity contribution is 5.68. The van der Waals surface area contributed by atoms with Crippen LogP contribution in [0.3, 0.4) is 0 Å². The van der Waals surface area contributed by atoms with Gasteiger partial charge in [0.05, 0.1) is 18.9 Å². The van der Waals surface area contributed by atoms with Crippen molar-refractivity contribution in [3.8, 4) is 34.3 Å². The number of ether oxygens (including phenoxy) is 5. The lowest BCUT2D eigenvalue weighted by molar-refractivity contribution is 0.122. The van der Waals surface area contributed by atoms with Gasteiger partial charge in [0.15, 0.2) is 23.0 Å². The third-order valence-electron chi connectivity index (χ3n) is 5.60. The number of anilines is 2. The maximum atomic E-state index is 5.55. The zero-order valence-electron chi connectivity index (χ0n) is 17.4. The molecule has 0 unspecified atom stereocenters. The van der Waals surface area contributed by atoms with Gasteiger partial charge in [0.2, 0.25) is 19.5 Å². The Balaban J connectivity index is 1.30. The van der Waals surface area contributed by atoms with E-state index in [0.29, 0.717) is 25.7 Å². The van der Waals surface area contributed by atoms with E-state index in [2.05, 4.69) is 10.2 Å². The van der Waals surface area contributed by atoms with Crippen LogP contribution < -0.4 is 29.2 Å². The minimum atomic E-state index is 0.240. The second-order valence-electron chi connectivity index (χ2n) is 7.64. The molecule has 9 nitrogen and oxygen atoms in total. The lowest BCUT2D eigenvalue weighted by Gasteiger charge is -2.28. The predicted octanol–water partition coefficient (Wildman–Crippen LogP) is 3.05. The van der Waals surface area contributed by atoms with Crippen LogP contribution in [-0.2, 0) is 11.3 Å². The second kappa shape index (κ2) is 8.08. The molecule has 3 aliphatic heterocycles. The summed E-state index contributed by atoms with van der Waals surface area (Å²) in [7, 11) is 0. The van der Waals surface area contributed by atoms with Crippen LogP contribution in [0.2, 0.25) is 0 Å². The van der Waals surface area contributed by atoms with Gasteiger partial charge in [0, 0.05) is 31.3 Å². The molecule has 0 atom stereocenters. The van der Waals surface area contributed by atoms with E-state index in [4.69, 9.17) is 33.7 Å². The molecule has 3 aliphatic rings. The van der Waals surface area contributed by atoms with E-state index in [9.17, 15) is 0 Å². The zero-order valence-corrected chi connectivity index (χ0v) is 17.4. The van der Waals surface area contributed by atoms with E-state index < -0.39 is 0 Å². The summed E-state index contributed by atoms with van der Waals surface area (Å²) < 4.78 is 27.4. The van der Waals surface area contributed by atoms with E-state index in [1.54, 1.807) is 0 Å². The van der Waals surface area contributed by atoms with E-state index in [1.807, 2.05) is 42.5 Å². The molecule has 0 saturated carbocycles. The molecule has 9 heteroatoms. The fourth-order valence-corrected chi connectivity index (χ4v) is 3.90. The monoisotopic (exact) mass is 434 g/mol. The molecule has 0 amide bonds. The standard InChI is InChI=1S/C23H22N4O5/c1-3-18-20(31-13-29-18)9-15(1)12-24-23-25-17(11-22(26-23)27-5-7-28-8-6-27)16-2-4-19-21(10-16)32-14-30-19/h1-4,9-11H,5-8,12-14H2,(H,24,25,26). The number of fused-ring (bicyclic) bond motifs is 2. The minimum absolute atomic E-state index is 0.240. The number of aromatic nitrogens is 2. The summed E-state index contributed by atoms with van der Waals surface area (Å²) in [4.78, 5) is 11.8. The largest absolute Gasteiger partial charge is 0.454 e. The Hall–Kier alpha value is -3.72. The van der Waals surface area contributed by atoms with Gasteiger partial charge in [-0.1, -0.05) is 6.07 Å². The van der Waals surface area contributed by atoms with E-state index >= 15 is 0 Å². The summed E-state index contributed by atoms with van der Waals surface area (Å²) in [5.41, 5.74) is 2.81. The van der Waals surface area contributed by atoms with Gasteiger partial charge in [-0.15, -0.1) is 0 Å². The number of morpholine rings is 1. The molecule has 1 aromatic heterocycles. The van der Waals surface area contributed by atoms with Gasteiger partial charge in [-0.25, -0.2) is 4.98 Å². The molecule has 0 bridgehead atoms. The third kappa shape index (κ3) is 3.71. The highest BCUT2D eigenvalue weighted by Crippen LogP contribution is 2.36. The molecule has 0 aliphatic carbocycles. The zero-order chi connectivity index (χ0) is 21.3. The van der Waals surface area contributed by atoms with Crippen molar-refractivity contribution in [3.63, 3.8) is 0 Å². The Morgan fingerprint density at radius 1 is 0.781 bits per heavy atom. The van der Waals surface area contributed by atoms with Crippen molar-refractivity contribution >= 4 is 11.8 Å². The lowest BCUT2D eigenvalue weighted by Crippen LogP contribution is -2.36. The number of benzene rings is 2. The molecule has 164 valence electrons. The fraction of sp³-hybridized carbons (Fsp3) is 0.304. The Morgan fingerprint density at radius 2 is 1.50 bits per heavy atom. The molecule has 2 aromatic carbocycles. The smallest absolute Gasteiger partial charge is 0.231 e. The van der Waals surface area contributed by atoms with Gasteiger partial charge < -0.3 is 33.9 Å². The van der Waals surface area contributed by atoms with Crippen LogP contribution in [0.5, 0.6) is 23.0 Å². The highest BCUT2D eigenvalue weighted by atomic mass is 16.7. The van der Waals surface area contributed by atoms with E-state index in [1.165, 1.54) is 0 Å². The maximum Gasteiger partial charge on any atom is 0.231 e. The quantitative estimate of drug-likeness (QED) is 0.651. The minimum Gasteiger partial charge on any atom is -0.454 e. The maximum absolute atomic E-state index is 5.55. The first-order chi connectivity index (χ1) is 15.8. The molecular formula is C23H22N4O5. The van der Waals surface area contributed by atoms with Crippen LogP contribution in [0.1, 0.15) is 5.56 Å². The molecule has 1 saturated heterocycles. The van der Waals surface area contributed by atoms with Crippen molar-refractivity contribution in [2.75, 3.05) is 50.1 Å². The van der Waals surface area contributed by atoms with Crippen LogP contribution in [-0.4, -0.2) is 49.9 Å². The van der Waals surface area contributed by atoms with Crippen molar-refractivity contribution in [3.05, 3.63) is 48.0 Å². The normalized spacial score (nSPS) is 16.3. The summed E-state index contributed by atoms with van der Waals surface area (Å²) in [6, 6.07) is 13.8. The highest BCUT2D eigenvalue weighted by Gasteiger charge is 2.19. The summed E-state index contributed by atoms with van der Waals surface area (Å²) in [6.45, 7) is 4.01. The van der Waals surface area contributed by atoms with Crippen LogP contribution in [0.15, 0.2) is 42.5 Å². The van der Waals surface area contributed by atoms with Crippen molar-refractivity contribution in [2.24, 2.45) is 0 Å². The summed E-state index contributed by atoms with van der Waals surface area (Å²) >= 11 is 0. The van der Waals surface area contributed by atoms with Gasteiger partial charge >= 0.3 is 0 Å².